The van der Waals surface area contributed by atoms with Gasteiger partial charge in [-0.3, -0.25) is 0 Å². The van der Waals surface area contributed by atoms with Crippen molar-refractivity contribution in [3.8, 4) is 0 Å². The second-order valence-corrected chi connectivity index (χ2v) is 1.37. The third-order valence-corrected chi connectivity index (χ3v) is 0.524. The molecule has 0 aliphatic heterocycles. The zero-order valence-corrected chi connectivity index (χ0v) is 8.32. The van der Waals surface area contributed by atoms with Crippen LogP contribution in [0.5, 0.6) is 0 Å². The van der Waals surface area contributed by atoms with E-state index in [1.54, 1.807) is 13.8 Å². The molecule has 0 amide bonds. The van der Waals surface area contributed by atoms with Crippen LogP contribution >= 0.6 is 0 Å². The van der Waals surface area contributed by atoms with Crippen LogP contribution in [0.1, 0.15) is 13.8 Å². The molecule has 0 saturated heterocycles. The molecule has 0 atom stereocenters. The van der Waals surface area contributed by atoms with Crippen LogP contribution in [0.25, 0.3) is 0 Å². The van der Waals surface area contributed by atoms with E-state index in [1.165, 1.54) is 0 Å². The summed E-state index contributed by atoms with van der Waals surface area (Å²) in [6.07, 6.45) is -2.92. The average molecular weight is 234 g/mol. The molecule has 0 spiro atoms. The van der Waals surface area contributed by atoms with Crippen molar-refractivity contribution in [2.75, 3.05) is 13.2 Å². The SMILES string of the molecule is CCOC(=O)[O-].CCOC(=O)[O-].[Fe+2]. The molecule has 7 heteroatoms. The molecule has 6 nitrogen and oxygen atoms in total. The minimum Gasteiger partial charge on any atom is -0.550 e. The predicted octanol–water partition coefficient (Wildman–Crippen LogP) is -1.27. The average Bonchev–Trinajstić information content (AvgIpc) is 1.87. The first-order chi connectivity index (χ1) is 5.54. The Morgan fingerprint density at radius 2 is 1.23 bits per heavy atom. The maximum absolute atomic E-state index is 9.27. The van der Waals surface area contributed by atoms with Gasteiger partial charge in [-0.25, -0.2) is 0 Å². The van der Waals surface area contributed by atoms with Gasteiger partial charge in [-0.05, 0) is 13.8 Å². The van der Waals surface area contributed by atoms with Crippen molar-refractivity contribution >= 4 is 12.3 Å². The largest absolute Gasteiger partial charge is 2.00 e. The summed E-state index contributed by atoms with van der Waals surface area (Å²) >= 11 is 0. The van der Waals surface area contributed by atoms with E-state index in [0.717, 1.165) is 0 Å². The van der Waals surface area contributed by atoms with Crippen LogP contribution < -0.4 is 10.2 Å². The van der Waals surface area contributed by atoms with E-state index in [2.05, 4.69) is 9.47 Å². The molecule has 0 fully saturated rings. The van der Waals surface area contributed by atoms with Gasteiger partial charge in [-0.15, -0.1) is 0 Å². The Morgan fingerprint density at radius 3 is 1.23 bits per heavy atom. The number of carboxylic acid groups (broad SMARTS) is 2. The fourth-order valence-electron chi connectivity index (χ4n) is 0.236. The van der Waals surface area contributed by atoms with Gasteiger partial charge in [0.25, 0.3) is 12.3 Å². The van der Waals surface area contributed by atoms with Crippen molar-refractivity contribution in [2.24, 2.45) is 0 Å². The first-order valence-corrected chi connectivity index (χ1v) is 3.22. The van der Waals surface area contributed by atoms with E-state index in [4.69, 9.17) is 0 Å². The Bertz CT molecular complexity index is 121. The first-order valence-electron chi connectivity index (χ1n) is 3.22. The quantitative estimate of drug-likeness (QED) is 0.436. The van der Waals surface area contributed by atoms with Gasteiger partial charge in [-0.1, -0.05) is 0 Å². The van der Waals surface area contributed by atoms with Crippen LogP contribution in [-0.2, 0) is 26.5 Å². The van der Waals surface area contributed by atoms with Crippen LogP contribution in [0.3, 0.4) is 0 Å². The Morgan fingerprint density at radius 1 is 1.00 bits per heavy atom. The zero-order valence-electron chi connectivity index (χ0n) is 7.22. The molecular formula is C6H10FeO6. The van der Waals surface area contributed by atoms with Gasteiger partial charge in [0.2, 0.25) is 0 Å². The number of hydrogen-bond donors (Lipinski definition) is 0. The summed E-state index contributed by atoms with van der Waals surface area (Å²) in [5.74, 6) is 0. The molecule has 0 heterocycles. The summed E-state index contributed by atoms with van der Waals surface area (Å²) in [6.45, 7) is 3.50. The minimum atomic E-state index is -1.46. The van der Waals surface area contributed by atoms with Gasteiger partial charge in [-0.2, -0.15) is 0 Å². The topological polar surface area (TPSA) is 98.7 Å². The standard InChI is InChI=1S/2C3H6O3.Fe/c2*1-2-6-3(4)5;/h2*2H2,1H3,(H,4,5);/q;;+2/p-2. The number of carbonyl (C=O) groups excluding carboxylic acids is 2. The Kier molecular flexibility index (Phi) is 18.9. The molecule has 0 unspecified atom stereocenters. The monoisotopic (exact) mass is 234 g/mol. The van der Waals surface area contributed by atoms with Crippen LogP contribution in [-0.4, -0.2) is 25.5 Å². The molecule has 0 N–H and O–H groups in total. The van der Waals surface area contributed by atoms with Gasteiger partial charge >= 0.3 is 17.1 Å². The van der Waals surface area contributed by atoms with Crippen molar-refractivity contribution in [3.63, 3.8) is 0 Å². The summed E-state index contributed by atoms with van der Waals surface area (Å²) in [4.78, 5) is 18.5. The van der Waals surface area contributed by atoms with Crippen LogP contribution in [0.2, 0.25) is 0 Å². The second kappa shape index (κ2) is 13.6. The van der Waals surface area contributed by atoms with E-state index in [9.17, 15) is 19.8 Å². The molecular weight excluding hydrogens is 224 g/mol. The number of ether oxygens (including phenoxy) is 2. The maximum Gasteiger partial charge on any atom is 2.00 e. The Balaban J connectivity index is -0.000000143. The van der Waals surface area contributed by atoms with E-state index < -0.39 is 12.3 Å². The van der Waals surface area contributed by atoms with E-state index >= 15 is 0 Å². The predicted molar refractivity (Wildman–Crippen MR) is 34.0 cm³/mol. The zero-order chi connectivity index (χ0) is 9.98. The van der Waals surface area contributed by atoms with Gasteiger partial charge in [0.15, 0.2) is 0 Å². The smallest absolute Gasteiger partial charge is 0.550 e. The van der Waals surface area contributed by atoms with Gasteiger partial charge in [0, 0.05) is 13.2 Å². The summed E-state index contributed by atoms with van der Waals surface area (Å²) in [5, 5.41) is 18.5. The minimum absolute atomic E-state index is 0. The van der Waals surface area contributed by atoms with Crippen molar-refractivity contribution in [3.05, 3.63) is 0 Å². The van der Waals surface area contributed by atoms with Gasteiger partial charge in [0.05, 0.1) is 0 Å². The molecule has 0 saturated carbocycles. The normalized spacial score (nSPS) is 6.92. The van der Waals surface area contributed by atoms with Crippen molar-refractivity contribution in [1.29, 1.82) is 0 Å². The molecule has 0 aromatic carbocycles. The Labute approximate surface area is 86.3 Å². The molecule has 0 aromatic rings. The molecule has 78 valence electrons. The molecule has 13 heavy (non-hydrogen) atoms. The third-order valence-electron chi connectivity index (χ3n) is 0.524. The van der Waals surface area contributed by atoms with E-state index in [-0.39, 0.29) is 30.3 Å². The first kappa shape index (κ1) is 18.0. The Hall–Kier alpha value is -0.941. The number of rotatable bonds is 2. The maximum atomic E-state index is 9.27. The van der Waals surface area contributed by atoms with Crippen molar-refractivity contribution in [1.82, 2.24) is 0 Å². The summed E-state index contributed by atoms with van der Waals surface area (Å²) in [5.41, 5.74) is 0. The summed E-state index contributed by atoms with van der Waals surface area (Å²) in [7, 11) is 0. The number of hydrogen-bond acceptors (Lipinski definition) is 6. The molecule has 0 aliphatic rings. The third kappa shape index (κ3) is 35.5. The molecule has 0 radical (unpaired) electrons. The van der Waals surface area contributed by atoms with Crippen LogP contribution in [0.4, 0.5) is 9.59 Å². The molecule has 0 aromatic heterocycles. The summed E-state index contributed by atoms with van der Waals surface area (Å²) < 4.78 is 7.69. The van der Waals surface area contributed by atoms with Crippen LogP contribution in [0.15, 0.2) is 0 Å². The van der Waals surface area contributed by atoms with Crippen LogP contribution in [0, 0.1) is 0 Å². The number of carbonyl (C=O) groups is 2. The van der Waals surface area contributed by atoms with Crippen molar-refractivity contribution < 1.29 is 46.3 Å². The van der Waals surface area contributed by atoms with Crippen molar-refractivity contribution in [2.45, 2.75) is 13.8 Å². The summed E-state index contributed by atoms with van der Waals surface area (Å²) in [6, 6.07) is 0. The second-order valence-electron chi connectivity index (χ2n) is 1.37. The molecule has 0 aliphatic carbocycles. The fourth-order valence-corrected chi connectivity index (χ4v) is 0.236. The van der Waals surface area contributed by atoms with E-state index in [0.29, 0.717) is 0 Å². The van der Waals surface area contributed by atoms with Gasteiger partial charge in [0.1, 0.15) is 0 Å². The van der Waals surface area contributed by atoms with Gasteiger partial charge < -0.3 is 29.3 Å². The van der Waals surface area contributed by atoms with E-state index in [1.807, 2.05) is 0 Å². The fraction of sp³-hybridized carbons (Fsp3) is 0.667. The molecule has 0 rings (SSSR count). The molecule has 0 bridgehead atoms.